The lowest BCUT2D eigenvalue weighted by Gasteiger charge is -2.22. The molecule has 126 valence electrons. The van der Waals surface area contributed by atoms with Crippen molar-refractivity contribution in [2.45, 2.75) is 25.7 Å². The minimum Gasteiger partial charge on any atom is -0.351 e. The first kappa shape index (κ1) is 16.6. The maximum absolute atomic E-state index is 14.2. The summed E-state index contributed by atoms with van der Waals surface area (Å²) in [6, 6.07) is 8.91. The minimum absolute atomic E-state index is 0.206. The molecule has 2 nitrogen and oxygen atoms in total. The third-order valence-corrected chi connectivity index (χ3v) is 5.00. The number of benzene rings is 2. The van der Waals surface area contributed by atoms with Crippen molar-refractivity contribution in [2.24, 2.45) is 5.41 Å². The van der Waals surface area contributed by atoms with Gasteiger partial charge in [-0.05, 0) is 41.7 Å². The number of carbonyl (C=O) groups excluding carboxylic acids is 1. The molecule has 1 N–H and O–H groups in total. The van der Waals surface area contributed by atoms with E-state index in [0.29, 0.717) is 12.0 Å². The van der Waals surface area contributed by atoms with Crippen LogP contribution in [0, 0.1) is 22.9 Å². The first-order valence-electron chi connectivity index (χ1n) is 7.74. The summed E-state index contributed by atoms with van der Waals surface area (Å²) in [4.78, 5) is 12.2. The van der Waals surface area contributed by atoms with E-state index in [9.17, 15) is 18.0 Å². The van der Waals surface area contributed by atoms with Gasteiger partial charge in [0.15, 0.2) is 0 Å². The van der Waals surface area contributed by atoms with Crippen molar-refractivity contribution < 1.29 is 18.0 Å². The normalized spacial score (nSPS) is 21.4. The molecular weight excluding hydrogens is 315 g/mol. The highest BCUT2D eigenvalue weighted by atomic mass is 19.1. The van der Waals surface area contributed by atoms with Crippen molar-refractivity contribution in [3.63, 3.8) is 0 Å². The molecule has 24 heavy (non-hydrogen) atoms. The van der Waals surface area contributed by atoms with E-state index < -0.39 is 28.8 Å². The van der Waals surface area contributed by atoms with Crippen LogP contribution in [0.5, 0.6) is 0 Å². The summed E-state index contributed by atoms with van der Waals surface area (Å²) in [6.07, 6.45) is 0.673. The Bertz CT molecular complexity index is 803. The Morgan fingerprint density at radius 2 is 1.75 bits per heavy atom. The monoisotopic (exact) mass is 333 g/mol. The summed E-state index contributed by atoms with van der Waals surface area (Å²) in [5.41, 5.74) is -0.203. The number of halogens is 3. The lowest BCUT2D eigenvalue weighted by molar-refractivity contribution is 0.0947. The molecule has 0 spiro atoms. The van der Waals surface area contributed by atoms with E-state index in [1.165, 1.54) is 30.3 Å². The summed E-state index contributed by atoms with van der Waals surface area (Å²) in [7, 11) is 0. The highest BCUT2D eigenvalue weighted by molar-refractivity contribution is 5.94. The van der Waals surface area contributed by atoms with Crippen LogP contribution in [0.2, 0.25) is 0 Å². The van der Waals surface area contributed by atoms with Crippen molar-refractivity contribution in [1.82, 2.24) is 5.32 Å². The molecule has 1 atom stereocenters. The molecule has 0 saturated heterocycles. The molecule has 2 aromatic carbocycles. The SMILES string of the molecule is CC1(C)CC1(CNC(=O)c1cccc(F)c1)c1ccc(F)cc1F. The average Bonchev–Trinajstić information content (AvgIpc) is 3.07. The van der Waals surface area contributed by atoms with Gasteiger partial charge in [-0.25, -0.2) is 13.2 Å². The Kier molecular flexibility index (Phi) is 3.90. The molecule has 0 heterocycles. The van der Waals surface area contributed by atoms with E-state index in [1.807, 2.05) is 13.8 Å². The summed E-state index contributed by atoms with van der Waals surface area (Å²) < 4.78 is 40.6. The number of rotatable bonds is 4. The molecule has 0 aromatic heterocycles. The Morgan fingerprint density at radius 3 is 2.33 bits per heavy atom. The lowest BCUT2D eigenvalue weighted by atomic mass is 9.87. The molecular formula is C19H18F3NO. The van der Waals surface area contributed by atoms with Crippen molar-refractivity contribution in [3.05, 3.63) is 71.0 Å². The molecule has 0 radical (unpaired) electrons. The lowest BCUT2D eigenvalue weighted by Crippen LogP contribution is -2.35. The van der Waals surface area contributed by atoms with E-state index >= 15 is 0 Å². The Morgan fingerprint density at radius 1 is 1.08 bits per heavy atom. The van der Waals surface area contributed by atoms with Crippen LogP contribution in [0.15, 0.2) is 42.5 Å². The van der Waals surface area contributed by atoms with Gasteiger partial charge in [-0.1, -0.05) is 26.0 Å². The number of carbonyl (C=O) groups is 1. The van der Waals surface area contributed by atoms with Gasteiger partial charge in [0.2, 0.25) is 0 Å². The predicted octanol–water partition coefficient (Wildman–Crippen LogP) is 4.20. The van der Waals surface area contributed by atoms with Crippen LogP contribution in [-0.4, -0.2) is 12.5 Å². The summed E-state index contributed by atoms with van der Waals surface area (Å²) in [5.74, 6) is -2.15. The zero-order valence-corrected chi connectivity index (χ0v) is 13.5. The quantitative estimate of drug-likeness (QED) is 0.892. The van der Waals surface area contributed by atoms with Gasteiger partial charge in [-0.15, -0.1) is 0 Å². The highest BCUT2D eigenvalue weighted by Gasteiger charge is 2.62. The van der Waals surface area contributed by atoms with Gasteiger partial charge in [0.25, 0.3) is 5.91 Å². The zero-order valence-electron chi connectivity index (χ0n) is 13.5. The summed E-state index contributed by atoms with van der Waals surface area (Å²) in [6.45, 7) is 4.16. The topological polar surface area (TPSA) is 29.1 Å². The van der Waals surface area contributed by atoms with E-state index in [1.54, 1.807) is 0 Å². The Labute approximate surface area is 138 Å². The minimum atomic E-state index is -0.631. The molecule has 3 rings (SSSR count). The Hall–Kier alpha value is -2.30. The Balaban J connectivity index is 1.82. The third kappa shape index (κ3) is 2.79. The smallest absolute Gasteiger partial charge is 0.251 e. The van der Waals surface area contributed by atoms with Crippen molar-refractivity contribution in [2.75, 3.05) is 6.54 Å². The van der Waals surface area contributed by atoms with Crippen LogP contribution in [0.4, 0.5) is 13.2 Å². The van der Waals surface area contributed by atoms with Crippen LogP contribution in [0.3, 0.4) is 0 Å². The third-order valence-electron chi connectivity index (χ3n) is 5.00. The fourth-order valence-electron chi connectivity index (χ4n) is 3.41. The van der Waals surface area contributed by atoms with Gasteiger partial charge in [-0.2, -0.15) is 0 Å². The average molecular weight is 333 g/mol. The molecule has 1 aliphatic rings. The second-order valence-corrected chi connectivity index (χ2v) is 6.96. The van der Waals surface area contributed by atoms with Crippen molar-refractivity contribution in [3.8, 4) is 0 Å². The number of amides is 1. The zero-order chi connectivity index (χ0) is 17.5. The van der Waals surface area contributed by atoms with Crippen molar-refractivity contribution in [1.29, 1.82) is 0 Å². The fraction of sp³-hybridized carbons (Fsp3) is 0.316. The van der Waals surface area contributed by atoms with Crippen LogP contribution in [0.25, 0.3) is 0 Å². The standard InChI is InChI=1S/C19H18F3NO/c1-18(2)10-19(18,15-7-6-14(21)9-16(15)22)11-23-17(24)12-4-3-5-13(20)8-12/h3-9H,10-11H2,1-2H3,(H,23,24). The van der Waals surface area contributed by atoms with Gasteiger partial charge in [0.1, 0.15) is 17.5 Å². The van der Waals surface area contributed by atoms with E-state index in [2.05, 4.69) is 5.32 Å². The molecule has 0 bridgehead atoms. The van der Waals surface area contributed by atoms with Gasteiger partial charge in [0, 0.05) is 23.6 Å². The first-order chi connectivity index (χ1) is 11.2. The van der Waals surface area contributed by atoms with Crippen LogP contribution in [0.1, 0.15) is 36.2 Å². The number of hydrogen-bond donors (Lipinski definition) is 1. The molecule has 5 heteroatoms. The van der Waals surface area contributed by atoms with Crippen molar-refractivity contribution >= 4 is 5.91 Å². The maximum Gasteiger partial charge on any atom is 0.251 e. The van der Waals surface area contributed by atoms with Gasteiger partial charge in [-0.3, -0.25) is 4.79 Å². The highest BCUT2D eigenvalue weighted by Crippen LogP contribution is 2.64. The number of hydrogen-bond acceptors (Lipinski definition) is 1. The predicted molar refractivity (Wildman–Crippen MR) is 85.2 cm³/mol. The molecule has 1 amide bonds. The van der Waals surface area contributed by atoms with Crippen LogP contribution >= 0.6 is 0 Å². The van der Waals surface area contributed by atoms with Crippen LogP contribution in [-0.2, 0) is 5.41 Å². The number of nitrogens with one attached hydrogen (secondary N) is 1. The molecule has 2 aromatic rings. The second kappa shape index (κ2) is 5.65. The van der Waals surface area contributed by atoms with Gasteiger partial charge >= 0.3 is 0 Å². The van der Waals surface area contributed by atoms with Crippen LogP contribution < -0.4 is 5.32 Å². The molecule has 1 saturated carbocycles. The molecule has 0 aliphatic heterocycles. The van der Waals surface area contributed by atoms with E-state index in [4.69, 9.17) is 0 Å². The van der Waals surface area contributed by atoms with Gasteiger partial charge < -0.3 is 5.32 Å². The summed E-state index contributed by atoms with van der Waals surface area (Å²) in [5, 5.41) is 2.76. The summed E-state index contributed by atoms with van der Waals surface area (Å²) >= 11 is 0. The largest absolute Gasteiger partial charge is 0.351 e. The second-order valence-electron chi connectivity index (χ2n) is 6.96. The molecule has 1 unspecified atom stereocenters. The fourth-order valence-corrected chi connectivity index (χ4v) is 3.41. The first-order valence-corrected chi connectivity index (χ1v) is 7.74. The van der Waals surface area contributed by atoms with E-state index in [-0.39, 0.29) is 17.5 Å². The van der Waals surface area contributed by atoms with Gasteiger partial charge in [0.05, 0.1) is 0 Å². The molecule has 1 aliphatic carbocycles. The maximum atomic E-state index is 14.2. The van der Waals surface area contributed by atoms with E-state index in [0.717, 1.165) is 12.1 Å². The molecule has 1 fully saturated rings.